The van der Waals surface area contributed by atoms with Crippen LogP contribution in [0, 0.1) is 24.1 Å². The van der Waals surface area contributed by atoms with Crippen LogP contribution in [0.25, 0.3) is 0 Å². The van der Waals surface area contributed by atoms with Gasteiger partial charge in [-0.1, -0.05) is 29.3 Å². The van der Waals surface area contributed by atoms with E-state index < -0.39 is 11.7 Å². The summed E-state index contributed by atoms with van der Waals surface area (Å²) < 4.78 is 13.1. The first-order chi connectivity index (χ1) is 11.0. The van der Waals surface area contributed by atoms with Gasteiger partial charge in [-0.3, -0.25) is 4.79 Å². The Bertz CT molecular complexity index is 794. The van der Waals surface area contributed by atoms with E-state index in [4.69, 9.17) is 16.9 Å². The molecule has 0 aliphatic carbocycles. The van der Waals surface area contributed by atoms with Gasteiger partial charge in [0.05, 0.1) is 5.02 Å². The molecule has 2 N–H and O–H groups in total. The van der Waals surface area contributed by atoms with Crippen LogP contribution in [0.3, 0.4) is 0 Å². The van der Waals surface area contributed by atoms with Crippen molar-refractivity contribution in [2.24, 2.45) is 0 Å². The average Bonchev–Trinajstić information content (AvgIpc) is 2.53. The second kappa shape index (κ2) is 7.43. The maximum Gasteiger partial charge on any atom is 0.267 e. The molecule has 6 heteroatoms. The van der Waals surface area contributed by atoms with E-state index in [0.717, 1.165) is 5.56 Å². The number of anilines is 2. The number of hydrogen-bond donors (Lipinski definition) is 2. The number of hydrogen-bond acceptors (Lipinski definition) is 3. The van der Waals surface area contributed by atoms with Gasteiger partial charge >= 0.3 is 0 Å². The van der Waals surface area contributed by atoms with E-state index in [9.17, 15) is 9.18 Å². The van der Waals surface area contributed by atoms with E-state index in [1.165, 1.54) is 24.4 Å². The van der Waals surface area contributed by atoms with Gasteiger partial charge in [0.1, 0.15) is 17.5 Å². The molecule has 23 heavy (non-hydrogen) atoms. The van der Waals surface area contributed by atoms with Crippen LogP contribution in [0.15, 0.2) is 54.2 Å². The Morgan fingerprint density at radius 2 is 1.87 bits per heavy atom. The molecule has 0 heterocycles. The molecule has 0 radical (unpaired) electrons. The van der Waals surface area contributed by atoms with Gasteiger partial charge in [0.15, 0.2) is 0 Å². The Morgan fingerprint density at radius 3 is 2.48 bits per heavy atom. The Labute approximate surface area is 138 Å². The number of halogens is 2. The lowest BCUT2D eigenvalue weighted by Gasteiger charge is -2.06. The number of carbonyl (C=O) groups excluding carboxylic acids is 1. The predicted octanol–water partition coefficient (Wildman–Crippen LogP) is 4.25. The minimum atomic E-state index is -0.544. The molecular weight excluding hydrogens is 317 g/mol. The number of carbonyl (C=O) groups is 1. The summed E-state index contributed by atoms with van der Waals surface area (Å²) in [6.45, 7) is 1.93. The van der Waals surface area contributed by atoms with Crippen LogP contribution >= 0.6 is 11.6 Å². The molecule has 0 atom stereocenters. The van der Waals surface area contributed by atoms with Crippen LogP contribution < -0.4 is 10.6 Å². The van der Waals surface area contributed by atoms with Crippen molar-refractivity contribution in [2.45, 2.75) is 6.92 Å². The molecule has 0 spiro atoms. The van der Waals surface area contributed by atoms with Gasteiger partial charge in [-0.25, -0.2) is 4.39 Å². The topological polar surface area (TPSA) is 64.9 Å². The van der Waals surface area contributed by atoms with Crippen LogP contribution in [0.4, 0.5) is 15.8 Å². The molecule has 0 unspecified atom stereocenters. The zero-order chi connectivity index (χ0) is 16.8. The van der Waals surface area contributed by atoms with Gasteiger partial charge in [-0.2, -0.15) is 5.26 Å². The van der Waals surface area contributed by atoms with E-state index in [1.54, 1.807) is 12.1 Å². The van der Waals surface area contributed by atoms with E-state index in [1.807, 2.05) is 25.1 Å². The van der Waals surface area contributed by atoms with Gasteiger partial charge < -0.3 is 10.6 Å². The minimum Gasteiger partial charge on any atom is -0.360 e. The van der Waals surface area contributed by atoms with Crippen molar-refractivity contribution in [3.05, 3.63) is 70.6 Å². The fourth-order valence-corrected chi connectivity index (χ4v) is 1.91. The Kier molecular flexibility index (Phi) is 5.34. The first-order valence-corrected chi connectivity index (χ1v) is 7.07. The number of aryl methyl sites for hydroxylation is 1. The Balaban J connectivity index is 2.08. The smallest absolute Gasteiger partial charge is 0.267 e. The molecule has 2 rings (SSSR count). The molecule has 0 aliphatic heterocycles. The standard InChI is InChI=1S/C17H13ClFN3O/c1-11-2-4-13(5-3-11)22-17(23)12(9-20)10-21-14-6-7-16(19)15(18)8-14/h2-8,10,21H,1H3,(H,22,23)/b12-10-. The lowest BCUT2D eigenvalue weighted by atomic mass is 10.2. The number of nitrogens with zero attached hydrogens (tertiary/aromatic N) is 1. The maximum absolute atomic E-state index is 13.1. The molecule has 0 saturated carbocycles. The normalized spacial score (nSPS) is 10.8. The molecule has 0 saturated heterocycles. The fraction of sp³-hybridized carbons (Fsp3) is 0.0588. The van der Waals surface area contributed by atoms with Gasteiger partial charge in [0, 0.05) is 17.6 Å². The maximum atomic E-state index is 13.1. The van der Waals surface area contributed by atoms with Crippen molar-refractivity contribution < 1.29 is 9.18 Å². The van der Waals surface area contributed by atoms with Gasteiger partial charge in [-0.15, -0.1) is 0 Å². The van der Waals surface area contributed by atoms with Crippen molar-refractivity contribution in [3.8, 4) is 6.07 Å². The molecule has 2 aromatic carbocycles. The first kappa shape index (κ1) is 16.5. The van der Waals surface area contributed by atoms with E-state index in [2.05, 4.69) is 10.6 Å². The summed E-state index contributed by atoms with van der Waals surface area (Å²) in [6, 6.07) is 13.0. The van der Waals surface area contributed by atoms with Crippen molar-refractivity contribution in [1.82, 2.24) is 0 Å². The summed E-state index contributed by atoms with van der Waals surface area (Å²) in [4.78, 5) is 12.0. The third kappa shape index (κ3) is 4.56. The molecule has 0 fully saturated rings. The number of rotatable bonds is 4. The van der Waals surface area contributed by atoms with Crippen molar-refractivity contribution >= 4 is 28.9 Å². The molecule has 0 bridgehead atoms. The lowest BCUT2D eigenvalue weighted by molar-refractivity contribution is -0.112. The zero-order valence-electron chi connectivity index (χ0n) is 12.2. The van der Waals surface area contributed by atoms with Crippen molar-refractivity contribution in [2.75, 3.05) is 10.6 Å². The first-order valence-electron chi connectivity index (χ1n) is 6.69. The summed E-state index contributed by atoms with van der Waals surface area (Å²) >= 11 is 5.67. The molecule has 116 valence electrons. The van der Waals surface area contributed by atoms with Crippen molar-refractivity contribution in [3.63, 3.8) is 0 Å². The summed E-state index contributed by atoms with van der Waals surface area (Å²) in [5.41, 5.74) is 2.00. The number of nitrogens with one attached hydrogen (secondary N) is 2. The van der Waals surface area contributed by atoms with Gasteiger partial charge in [-0.05, 0) is 37.3 Å². The highest BCUT2D eigenvalue weighted by Crippen LogP contribution is 2.19. The van der Waals surface area contributed by atoms with E-state index in [-0.39, 0.29) is 10.6 Å². The highest BCUT2D eigenvalue weighted by Gasteiger charge is 2.09. The summed E-state index contributed by atoms with van der Waals surface area (Å²) in [5, 5.41) is 14.4. The van der Waals surface area contributed by atoms with Crippen LogP contribution in [-0.4, -0.2) is 5.91 Å². The SMILES string of the molecule is Cc1ccc(NC(=O)/C(C#N)=C\Nc2ccc(F)c(Cl)c2)cc1. The number of amides is 1. The lowest BCUT2D eigenvalue weighted by Crippen LogP contribution is -2.14. The molecule has 1 amide bonds. The van der Waals surface area contributed by atoms with Crippen LogP contribution in [0.1, 0.15) is 5.56 Å². The Hall–Kier alpha value is -2.84. The quantitative estimate of drug-likeness (QED) is 0.651. The number of nitriles is 1. The molecule has 0 aromatic heterocycles. The molecule has 0 aliphatic rings. The van der Waals surface area contributed by atoms with Crippen LogP contribution in [0.2, 0.25) is 5.02 Å². The third-order valence-corrected chi connectivity index (χ3v) is 3.27. The second-order valence-corrected chi connectivity index (χ2v) is 5.17. The average molecular weight is 330 g/mol. The largest absolute Gasteiger partial charge is 0.360 e. The second-order valence-electron chi connectivity index (χ2n) is 4.76. The van der Waals surface area contributed by atoms with Crippen molar-refractivity contribution in [1.29, 1.82) is 5.26 Å². The predicted molar refractivity (Wildman–Crippen MR) is 88.5 cm³/mol. The summed E-state index contributed by atoms with van der Waals surface area (Å²) in [6.07, 6.45) is 1.24. The monoisotopic (exact) mass is 329 g/mol. The van der Waals surface area contributed by atoms with Crippen LogP contribution in [-0.2, 0) is 4.79 Å². The summed E-state index contributed by atoms with van der Waals surface area (Å²) in [5.74, 6) is -1.09. The molecular formula is C17H13ClFN3O. The van der Waals surface area contributed by atoms with Gasteiger partial charge in [0.2, 0.25) is 0 Å². The zero-order valence-corrected chi connectivity index (χ0v) is 13.0. The fourth-order valence-electron chi connectivity index (χ4n) is 1.73. The summed E-state index contributed by atoms with van der Waals surface area (Å²) in [7, 11) is 0. The minimum absolute atomic E-state index is 0.0500. The highest BCUT2D eigenvalue weighted by atomic mass is 35.5. The molecule has 4 nitrogen and oxygen atoms in total. The highest BCUT2D eigenvalue weighted by molar-refractivity contribution is 6.31. The Morgan fingerprint density at radius 1 is 1.22 bits per heavy atom. The van der Waals surface area contributed by atoms with Gasteiger partial charge in [0.25, 0.3) is 5.91 Å². The van der Waals surface area contributed by atoms with Crippen LogP contribution in [0.5, 0.6) is 0 Å². The number of benzene rings is 2. The van der Waals surface area contributed by atoms with E-state index in [0.29, 0.717) is 11.4 Å². The molecule has 2 aromatic rings. The third-order valence-electron chi connectivity index (χ3n) is 2.98. The van der Waals surface area contributed by atoms with E-state index >= 15 is 0 Å².